The molecule has 0 radical (unpaired) electrons. The molecule has 0 saturated heterocycles. The van der Waals surface area contributed by atoms with E-state index >= 15 is 0 Å². The lowest BCUT2D eigenvalue weighted by Gasteiger charge is -2.27. The van der Waals surface area contributed by atoms with Gasteiger partial charge in [0.25, 0.3) is 0 Å². The molecule has 0 atom stereocenters. The SMILES string of the molecule is c1ccc(-c2ccc(N(c3ccc(-c4ccc5c6cccc7c8ccccc8n(c5c4)c76)cc3)c3cccc4c3c3ccccc3n4-c3ccccc3)cc2)cc1. The summed E-state index contributed by atoms with van der Waals surface area (Å²) in [5, 5.41) is 7.64. The van der Waals surface area contributed by atoms with Gasteiger partial charge in [0.15, 0.2) is 0 Å². The van der Waals surface area contributed by atoms with Crippen molar-refractivity contribution in [2.75, 3.05) is 4.90 Å². The van der Waals surface area contributed by atoms with Gasteiger partial charge in [-0.2, -0.15) is 0 Å². The molecular weight excluding hydrogens is 691 g/mol. The van der Waals surface area contributed by atoms with Crippen LogP contribution in [0.2, 0.25) is 0 Å². The van der Waals surface area contributed by atoms with E-state index in [1.165, 1.54) is 82.2 Å². The maximum Gasteiger partial charge on any atom is 0.0620 e. The fourth-order valence-corrected chi connectivity index (χ4v) is 9.32. The van der Waals surface area contributed by atoms with Crippen LogP contribution in [0.4, 0.5) is 17.1 Å². The minimum absolute atomic E-state index is 1.10. The third kappa shape index (κ3) is 4.79. The van der Waals surface area contributed by atoms with Gasteiger partial charge in [0.2, 0.25) is 0 Å². The van der Waals surface area contributed by atoms with Gasteiger partial charge >= 0.3 is 0 Å². The van der Waals surface area contributed by atoms with E-state index in [9.17, 15) is 0 Å². The summed E-state index contributed by atoms with van der Waals surface area (Å²) in [4.78, 5) is 2.42. The van der Waals surface area contributed by atoms with E-state index < -0.39 is 0 Å². The number of fused-ring (bicyclic) bond motifs is 9. The van der Waals surface area contributed by atoms with Crippen LogP contribution in [0.15, 0.2) is 212 Å². The van der Waals surface area contributed by atoms with Crippen molar-refractivity contribution >= 4 is 77.0 Å². The maximum atomic E-state index is 2.46. The number of para-hydroxylation sites is 4. The molecule has 3 heteroatoms. The van der Waals surface area contributed by atoms with E-state index in [1.807, 2.05) is 0 Å². The van der Waals surface area contributed by atoms with Gasteiger partial charge in [0, 0.05) is 49.4 Å². The van der Waals surface area contributed by atoms with Gasteiger partial charge in [0.05, 0.1) is 33.3 Å². The second kappa shape index (κ2) is 12.5. The third-order valence-electron chi connectivity index (χ3n) is 11.8. The molecule has 0 bridgehead atoms. The highest BCUT2D eigenvalue weighted by molar-refractivity contribution is 6.23. The molecule has 3 nitrogen and oxygen atoms in total. The maximum absolute atomic E-state index is 2.46. The Balaban J connectivity index is 1.03. The molecule has 0 N–H and O–H groups in total. The lowest BCUT2D eigenvalue weighted by molar-refractivity contribution is 1.18. The Morgan fingerprint density at radius 1 is 0.316 bits per heavy atom. The van der Waals surface area contributed by atoms with Crippen molar-refractivity contribution in [1.29, 1.82) is 0 Å². The monoisotopic (exact) mass is 725 g/mol. The Morgan fingerprint density at radius 2 is 0.825 bits per heavy atom. The van der Waals surface area contributed by atoms with Gasteiger partial charge in [0.1, 0.15) is 0 Å². The van der Waals surface area contributed by atoms with Gasteiger partial charge in [-0.25, -0.2) is 0 Å². The van der Waals surface area contributed by atoms with Gasteiger partial charge in [-0.1, -0.05) is 146 Å². The zero-order valence-electron chi connectivity index (χ0n) is 31.0. The molecule has 0 amide bonds. The van der Waals surface area contributed by atoms with Crippen molar-refractivity contribution in [3.63, 3.8) is 0 Å². The first-order valence-electron chi connectivity index (χ1n) is 19.6. The van der Waals surface area contributed by atoms with E-state index in [-0.39, 0.29) is 0 Å². The predicted octanol–water partition coefficient (Wildman–Crippen LogP) is 14.7. The highest BCUT2D eigenvalue weighted by Crippen LogP contribution is 2.45. The first-order valence-corrected chi connectivity index (χ1v) is 19.6. The second-order valence-electron chi connectivity index (χ2n) is 14.9. The average molecular weight is 726 g/mol. The molecule has 266 valence electrons. The van der Waals surface area contributed by atoms with Crippen LogP contribution >= 0.6 is 0 Å². The van der Waals surface area contributed by atoms with Gasteiger partial charge in [-0.05, 0) is 89.0 Å². The van der Waals surface area contributed by atoms with Crippen molar-refractivity contribution in [3.05, 3.63) is 212 Å². The highest BCUT2D eigenvalue weighted by atomic mass is 15.1. The summed E-state index contributed by atoms with van der Waals surface area (Å²) in [6, 6.07) is 77.3. The molecule has 0 aliphatic carbocycles. The van der Waals surface area contributed by atoms with E-state index in [1.54, 1.807) is 0 Å². The predicted molar refractivity (Wildman–Crippen MR) is 241 cm³/mol. The number of hydrogen-bond donors (Lipinski definition) is 0. The summed E-state index contributed by atoms with van der Waals surface area (Å²) in [6.07, 6.45) is 0. The normalized spacial score (nSPS) is 11.9. The molecule has 12 aromatic rings. The first kappa shape index (κ1) is 31.7. The Morgan fingerprint density at radius 3 is 1.54 bits per heavy atom. The van der Waals surface area contributed by atoms with E-state index in [2.05, 4.69) is 226 Å². The third-order valence-corrected chi connectivity index (χ3v) is 11.8. The van der Waals surface area contributed by atoms with Gasteiger partial charge < -0.3 is 13.9 Å². The average Bonchev–Trinajstić information content (AvgIpc) is 3.93. The van der Waals surface area contributed by atoms with Gasteiger partial charge in [-0.15, -0.1) is 0 Å². The quantitative estimate of drug-likeness (QED) is 0.166. The summed E-state index contributed by atoms with van der Waals surface area (Å²) < 4.78 is 4.85. The molecule has 0 saturated carbocycles. The number of nitrogens with zero attached hydrogens (tertiary/aromatic N) is 3. The fourth-order valence-electron chi connectivity index (χ4n) is 9.32. The Hall–Kier alpha value is -7.62. The zero-order chi connectivity index (χ0) is 37.5. The minimum atomic E-state index is 1.10. The lowest BCUT2D eigenvalue weighted by Crippen LogP contribution is -2.10. The van der Waals surface area contributed by atoms with E-state index in [0.717, 1.165) is 22.7 Å². The fraction of sp³-hybridized carbons (Fsp3) is 0. The second-order valence-corrected chi connectivity index (χ2v) is 14.9. The van der Waals surface area contributed by atoms with E-state index in [4.69, 9.17) is 0 Å². The van der Waals surface area contributed by atoms with Crippen LogP contribution in [0.1, 0.15) is 0 Å². The van der Waals surface area contributed by atoms with Crippen molar-refractivity contribution in [2.45, 2.75) is 0 Å². The van der Waals surface area contributed by atoms with Crippen LogP contribution < -0.4 is 4.90 Å². The Bertz CT molecular complexity index is 3430. The molecule has 0 aliphatic heterocycles. The summed E-state index contributed by atoms with van der Waals surface area (Å²) >= 11 is 0. The first-order chi connectivity index (χ1) is 28.3. The number of benzene rings is 9. The van der Waals surface area contributed by atoms with Crippen LogP contribution in [0.3, 0.4) is 0 Å². The summed E-state index contributed by atoms with van der Waals surface area (Å²) in [6.45, 7) is 0. The highest BCUT2D eigenvalue weighted by Gasteiger charge is 2.22. The van der Waals surface area contributed by atoms with Crippen molar-refractivity contribution in [1.82, 2.24) is 8.97 Å². The number of hydrogen-bond acceptors (Lipinski definition) is 1. The molecule has 0 spiro atoms. The van der Waals surface area contributed by atoms with Crippen molar-refractivity contribution < 1.29 is 0 Å². The largest absolute Gasteiger partial charge is 0.310 e. The Labute approximate surface area is 329 Å². The molecule has 0 unspecified atom stereocenters. The molecule has 3 aromatic heterocycles. The molecule has 0 fully saturated rings. The van der Waals surface area contributed by atoms with Crippen molar-refractivity contribution in [3.8, 4) is 27.9 Å². The van der Waals surface area contributed by atoms with Crippen LogP contribution in [0.25, 0.3) is 87.8 Å². The van der Waals surface area contributed by atoms with Crippen LogP contribution in [0.5, 0.6) is 0 Å². The Kier molecular flexibility index (Phi) is 6.93. The number of aromatic nitrogens is 2. The van der Waals surface area contributed by atoms with E-state index in [0.29, 0.717) is 0 Å². The van der Waals surface area contributed by atoms with Gasteiger partial charge in [-0.3, -0.25) is 0 Å². The van der Waals surface area contributed by atoms with Crippen LogP contribution in [-0.2, 0) is 0 Å². The van der Waals surface area contributed by atoms with Crippen LogP contribution in [-0.4, -0.2) is 8.97 Å². The molecule has 3 heterocycles. The number of anilines is 3. The number of rotatable bonds is 6. The molecule has 0 aliphatic rings. The smallest absolute Gasteiger partial charge is 0.0620 e. The zero-order valence-corrected chi connectivity index (χ0v) is 31.0. The standard InChI is InChI=1S/C54H35N3/c1-3-13-36(14-4-1)37-25-30-41(31-26-37)55(50-23-12-24-51-53(50)47-18-8-10-22-49(47)56(51)40-15-5-2-6-16-40)42-32-27-38(28-33-42)39-29-34-44-46-20-11-19-45-43-17-7-9-21-48(43)57(54(45)46)52(44)35-39/h1-35H. The van der Waals surface area contributed by atoms with Crippen molar-refractivity contribution in [2.24, 2.45) is 0 Å². The van der Waals surface area contributed by atoms with Crippen LogP contribution in [0, 0.1) is 0 Å². The molecule has 9 aromatic carbocycles. The summed E-state index contributed by atoms with van der Waals surface area (Å²) in [5.41, 5.74) is 15.4. The molecule has 12 rings (SSSR count). The topological polar surface area (TPSA) is 12.6 Å². The lowest BCUT2D eigenvalue weighted by atomic mass is 10.0. The summed E-state index contributed by atoms with van der Waals surface area (Å²) in [7, 11) is 0. The minimum Gasteiger partial charge on any atom is -0.310 e. The summed E-state index contributed by atoms with van der Waals surface area (Å²) in [5.74, 6) is 0. The molecule has 57 heavy (non-hydrogen) atoms. The molecular formula is C54H35N3.